The van der Waals surface area contributed by atoms with E-state index in [-0.39, 0.29) is 17.3 Å². The Balaban J connectivity index is 2.03. The molecule has 2 heterocycles. The minimum atomic E-state index is -4.54. The first kappa shape index (κ1) is 21.5. The summed E-state index contributed by atoms with van der Waals surface area (Å²) in [5.41, 5.74) is -1.61. The lowest BCUT2D eigenvalue weighted by Crippen LogP contribution is -2.47. The van der Waals surface area contributed by atoms with E-state index >= 15 is 0 Å². The number of likely N-dealkylation sites (tertiary alicyclic amines) is 1. The van der Waals surface area contributed by atoms with Crippen LogP contribution in [-0.2, 0) is 11.0 Å². The summed E-state index contributed by atoms with van der Waals surface area (Å²) >= 11 is 0. The molecule has 1 aromatic carbocycles. The lowest BCUT2D eigenvalue weighted by Gasteiger charge is -2.26. The largest absolute Gasteiger partial charge is 0.416 e. The maximum Gasteiger partial charge on any atom is 0.416 e. The van der Waals surface area contributed by atoms with Crippen LogP contribution in [0.1, 0.15) is 34.6 Å². The summed E-state index contributed by atoms with van der Waals surface area (Å²) in [6.45, 7) is 1.80. The number of hydrogen-bond donors (Lipinski definition) is 0. The fraction of sp³-hybridized carbons (Fsp3) is 0.400. The summed E-state index contributed by atoms with van der Waals surface area (Å²) in [7, 11) is 3.15. The quantitative estimate of drug-likeness (QED) is 0.761. The highest BCUT2D eigenvalue weighted by Crippen LogP contribution is 2.30. The number of halogens is 3. The third-order valence-electron chi connectivity index (χ3n) is 4.97. The Morgan fingerprint density at radius 2 is 1.90 bits per heavy atom. The molecule has 0 radical (unpaired) electrons. The van der Waals surface area contributed by atoms with Gasteiger partial charge in [-0.25, -0.2) is 4.68 Å². The number of hydrogen-bond acceptors (Lipinski definition) is 4. The first-order valence-corrected chi connectivity index (χ1v) is 9.31. The van der Waals surface area contributed by atoms with Gasteiger partial charge in [-0.1, -0.05) is 6.07 Å². The smallest absolute Gasteiger partial charge is 0.347 e. The van der Waals surface area contributed by atoms with Crippen LogP contribution in [0.15, 0.2) is 35.1 Å². The van der Waals surface area contributed by atoms with Gasteiger partial charge in [0.05, 0.1) is 11.3 Å². The third kappa shape index (κ3) is 4.07. The van der Waals surface area contributed by atoms with Crippen LogP contribution in [0.2, 0.25) is 0 Å². The van der Waals surface area contributed by atoms with E-state index in [4.69, 9.17) is 0 Å². The van der Waals surface area contributed by atoms with Crippen LogP contribution >= 0.6 is 0 Å². The first-order chi connectivity index (χ1) is 14.0. The van der Waals surface area contributed by atoms with Crippen LogP contribution in [-0.4, -0.2) is 58.1 Å². The molecule has 1 aromatic heterocycles. The van der Waals surface area contributed by atoms with Crippen molar-refractivity contribution < 1.29 is 22.8 Å². The van der Waals surface area contributed by atoms with E-state index in [0.29, 0.717) is 19.4 Å². The van der Waals surface area contributed by atoms with Crippen molar-refractivity contribution in [1.82, 2.24) is 19.6 Å². The fourth-order valence-corrected chi connectivity index (χ4v) is 3.47. The van der Waals surface area contributed by atoms with Gasteiger partial charge in [-0.3, -0.25) is 14.4 Å². The number of carbonyl (C=O) groups excluding carboxylic acids is 2. The monoisotopic (exact) mass is 422 g/mol. The second-order valence-corrected chi connectivity index (χ2v) is 7.35. The Morgan fingerprint density at radius 1 is 1.20 bits per heavy atom. The molecular formula is C20H21F3N4O3. The number of aromatic nitrogens is 2. The van der Waals surface area contributed by atoms with E-state index in [1.165, 1.54) is 28.9 Å². The van der Waals surface area contributed by atoms with Crippen molar-refractivity contribution in [2.45, 2.75) is 32.0 Å². The highest BCUT2D eigenvalue weighted by Gasteiger charge is 2.37. The maximum atomic E-state index is 13.1. The predicted molar refractivity (Wildman–Crippen MR) is 102 cm³/mol. The number of nitrogens with zero attached hydrogens (tertiary/aromatic N) is 4. The zero-order valence-corrected chi connectivity index (χ0v) is 16.7. The third-order valence-corrected chi connectivity index (χ3v) is 4.97. The van der Waals surface area contributed by atoms with Crippen LogP contribution < -0.4 is 5.43 Å². The summed E-state index contributed by atoms with van der Waals surface area (Å²) in [4.78, 5) is 40.5. The fourth-order valence-electron chi connectivity index (χ4n) is 3.47. The topological polar surface area (TPSA) is 75.5 Å². The van der Waals surface area contributed by atoms with Crippen molar-refractivity contribution in [2.24, 2.45) is 0 Å². The average molecular weight is 422 g/mol. The van der Waals surface area contributed by atoms with Gasteiger partial charge in [-0.15, -0.1) is 0 Å². The minimum Gasteiger partial charge on any atom is -0.347 e. The molecule has 1 atom stereocenters. The number of aryl methyl sites for hydroxylation is 1. The number of amides is 2. The van der Waals surface area contributed by atoms with Gasteiger partial charge in [0, 0.05) is 32.4 Å². The molecule has 160 valence electrons. The van der Waals surface area contributed by atoms with Gasteiger partial charge >= 0.3 is 6.18 Å². The van der Waals surface area contributed by atoms with E-state index in [1.807, 2.05) is 0 Å². The number of rotatable bonds is 3. The maximum absolute atomic E-state index is 13.1. The SMILES string of the molecule is Cc1cc(=O)c(C(=O)N2CCCC2C(=O)N(C)C)nn1-c1cccc(C(F)(F)F)c1. The molecule has 0 aliphatic carbocycles. The van der Waals surface area contributed by atoms with Crippen molar-refractivity contribution in [2.75, 3.05) is 20.6 Å². The molecule has 0 N–H and O–H groups in total. The highest BCUT2D eigenvalue weighted by atomic mass is 19.4. The van der Waals surface area contributed by atoms with Crippen molar-refractivity contribution >= 4 is 11.8 Å². The van der Waals surface area contributed by atoms with E-state index in [2.05, 4.69) is 5.10 Å². The molecule has 10 heteroatoms. The zero-order valence-electron chi connectivity index (χ0n) is 16.7. The van der Waals surface area contributed by atoms with Crippen LogP contribution in [0.25, 0.3) is 5.69 Å². The zero-order chi connectivity index (χ0) is 22.2. The van der Waals surface area contributed by atoms with Crippen LogP contribution in [0.3, 0.4) is 0 Å². The van der Waals surface area contributed by atoms with Gasteiger partial charge in [0.15, 0.2) is 5.69 Å². The van der Waals surface area contributed by atoms with Gasteiger partial charge in [0.1, 0.15) is 6.04 Å². The minimum absolute atomic E-state index is 0.0683. The molecule has 2 aromatic rings. The summed E-state index contributed by atoms with van der Waals surface area (Å²) < 4.78 is 40.3. The number of likely N-dealkylation sites (N-methyl/N-ethyl adjacent to an activating group) is 1. The second kappa shape index (κ2) is 7.92. The molecule has 1 aliphatic rings. The van der Waals surface area contributed by atoms with Gasteiger partial charge in [0.25, 0.3) is 5.91 Å². The van der Waals surface area contributed by atoms with Gasteiger partial charge in [-0.2, -0.15) is 18.3 Å². The Bertz CT molecular complexity index is 1050. The number of alkyl halides is 3. The van der Waals surface area contributed by atoms with E-state index in [9.17, 15) is 27.6 Å². The molecule has 1 unspecified atom stereocenters. The number of carbonyl (C=O) groups is 2. The van der Waals surface area contributed by atoms with Crippen molar-refractivity contribution in [3.63, 3.8) is 0 Å². The molecule has 1 aliphatic heterocycles. The van der Waals surface area contributed by atoms with Crippen LogP contribution in [0.4, 0.5) is 13.2 Å². The summed E-state index contributed by atoms with van der Waals surface area (Å²) in [6, 6.07) is 4.91. The Kier molecular flexibility index (Phi) is 5.69. The molecule has 2 amide bonds. The van der Waals surface area contributed by atoms with E-state index < -0.39 is 34.8 Å². The van der Waals surface area contributed by atoms with Crippen molar-refractivity contribution in [3.8, 4) is 5.69 Å². The lowest BCUT2D eigenvalue weighted by atomic mass is 10.2. The van der Waals surface area contributed by atoms with E-state index in [1.54, 1.807) is 14.1 Å². The Hall–Kier alpha value is -3.17. The molecule has 0 spiro atoms. The van der Waals surface area contributed by atoms with E-state index in [0.717, 1.165) is 22.9 Å². The molecule has 0 bridgehead atoms. The van der Waals surface area contributed by atoms with Crippen LogP contribution in [0, 0.1) is 6.92 Å². The van der Waals surface area contributed by atoms with Gasteiger partial charge in [0.2, 0.25) is 11.3 Å². The Morgan fingerprint density at radius 3 is 2.53 bits per heavy atom. The molecular weight excluding hydrogens is 401 g/mol. The normalized spacial score (nSPS) is 16.6. The average Bonchev–Trinajstić information content (AvgIpc) is 3.16. The van der Waals surface area contributed by atoms with Crippen molar-refractivity contribution in [1.29, 1.82) is 0 Å². The van der Waals surface area contributed by atoms with Crippen LogP contribution in [0.5, 0.6) is 0 Å². The summed E-state index contributed by atoms with van der Waals surface area (Å²) in [6.07, 6.45) is -3.48. The Labute approximate surface area is 170 Å². The standard InChI is InChI=1S/C20H21F3N4O3/c1-12-10-16(28)17(19(30)26-9-5-8-15(26)18(29)25(2)3)24-27(12)14-7-4-6-13(11-14)20(21,22)23/h4,6-7,10-11,15H,5,8-9H2,1-3H3. The van der Waals surface area contributed by atoms with Gasteiger partial charge in [-0.05, 0) is 38.0 Å². The molecule has 3 rings (SSSR count). The summed E-state index contributed by atoms with van der Waals surface area (Å²) in [5.74, 6) is -0.968. The summed E-state index contributed by atoms with van der Waals surface area (Å²) in [5, 5.41) is 4.07. The molecule has 7 nitrogen and oxygen atoms in total. The van der Waals surface area contributed by atoms with Gasteiger partial charge < -0.3 is 9.80 Å². The predicted octanol–water partition coefficient (Wildman–Crippen LogP) is 2.25. The molecule has 1 fully saturated rings. The molecule has 1 saturated heterocycles. The second-order valence-electron chi connectivity index (χ2n) is 7.35. The number of benzene rings is 1. The molecule has 30 heavy (non-hydrogen) atoms. The first-order valence-electron chi connectivity index (χ1n) is 9.31. The lowest BCUT2D eigenvalue weighted by molar-refractivity contribution is -0.137. The highest BCUT2D eigenvalue weighted by molar-refractivity contribution is 5.96. The molecule has 0 saturated carbocycles. The van der Waals surface area contributed by atoms with Crippen molar-refractivity contribution in [3.05, 3.63) is 57.5 Å².